The summed E-state index contributed by atoms with van der Waals surface area (Å²) in [5.41, 5.74) is 5.87. The number of aromatic nitrogens is 2. The molecule has 1 rings (SSSR count). The molecular formula is C12H23N3O. The smallest absolute Gasteiger partial charge is 0.145 e. The Morgan fingerprint density at radius 1 is 1.38 bits per heavy atom. The summed E-state index contributed by atoms with van der Waals surface area (Å²) in [6.07, 6.45) is 3.97. The van der Waals surface area contributed by atoms with E-state index in [4.69, 9.17) is 10.5 Å². The minimum absolute atomic E-state index is 0.358. The fourth-order valence-electron chi connectivity index (χ4n) is 1.31. The molecule has 92 valence electrons. The molecule has 0 amide bonds. The Hall–Kier alpha value is -1.03. The van der Waals surface area contributed by atoms with Crippen LogP contribution in [0.1, 0.15) is 33.6 Å². The van der Waals surface area contributed by atoms with Gasteiger partial charge in [0.2, 0.25) is 0 Å². The molecule has 0 unspecified atom stereocenters. The van der Waals surface area contributed by atoms with Gasteiger partial charge in [-0.2, -0.15) is 5.10 Å². The Morgan fingerprint density at radius 2 is 2.12 bits per heavy atom. The second-order valence-corrected chi connectivity index (χ2v) is 5.28. The lowest BCUT2D eigenvalue weighted by Crippen LogP contribution is -2.11. The van der Waals surface area contributed by atoms with Crippen LogP contribution >= 0.6 is 0 Å². The monoisotopic (exact) mass is 225 g/mol. The molecule has 0 bridgehead atoms. The summed E-state index contributed by atoms with van der Waals surface area (Å²) in [4.78, 5) is 0. The lowest BCUT2D eigenvalue weighted by atomic mass is 9.93. The van der Waals surface area contributed by atoms with Gasteiger partial charge in [0.05, 0.1) is 0 Å². The Bertz CT molecular complexity index is 301. The quantitative estimate of drug-likeness (QED) is 0.756. The predicted molar refractivity (Wildman–Crippen MR) is 66.1 cm³/mol. The Labute approximate surface area is 97.8 Å². The summed E-state index contributed by atoms with van der Waals surface area (Å²) in [5, 5.41) is 4.11. The van der Waals surface area contributed by atoms with E-state index in [0.717, 1.165) is 32.6 Å². The minimum atomic E-state index is 0.358. The zero-order valence-corrected chi connectivity index (χ0v) is 10.6. The van der Waals surface area contributed by atoms with Crippen molar-refractivity contribution in [2.75, 3.05) is 18.9 Å². The highest BCUT2D eigenvalue weighted by molar-refractivity contribution is 5.23. The van der Waals surface area contributed by atoms with Gasteiger partial charge >= 0.3 is 0 Å². The number of hydrogen-bond donors (Lipinski definition) is 1. The second kappa shape index (κ2) is 5.89. The highest BCUT2D eigenvalue weighted by Crippen LogP contribution is 2.17. The molecule has 0 aliphatic heterocycles. The highest BCUT2D eigenvalue weighted by Gasteiger charge is 2.08. The first kappa shape index (κ1) is 13.0. The number of aryl methyl sites for hydroxylation is 1. The lowest BCUT2D eigenvalue weighted by molar-refractivity contribution is 0.103. The van der Waals surface area contributed by atoms with Crippen molar-refractivity contribution in [1.82, 2.24) is 9.78 Å². The third-order valence-electron chi connectivity index (χ3n) is 2.33. The number of nitrogens with two attached hydrogens (primary N) is 1. The van der Waals surface area contributed by atoms with Crippen molar-refractivity contribution in [3.63, 3.8) is 0 Å². The van der Waals surface area contributed by atoms with Crippen molar-refractivity contribution in [2.45, 2.75) is 40.2 Å². The summed E-state index contributed by atoms with van der Waals surface area (Å²) in [7, 11) is 0. The molecule has 2 N–H and O–H groups in total. The van der Waals surface area contributed by atoms with Gasteiger partial charge < -0.3 is 10.5 Å². The van der Waals surface area contributed by atoms with Crippen LogP contribution in [0.25, 0.3) is 0 Å². The molecule has 0 aliphatic rings. The SMILES string of the molecule is CC(C)(C)CCOCCCn1ccc(N)n1. The van der Waals surface area contributed by atoms with Crippen molar-refractivity contribution in [3.8, 4) is 0 Å². The van der Waals surface area contributed by atoms with Crippen molar-refractivity contribution >= 4 is 5.82 Å². The van der Waals surface area contributed by atoms with E-state index in [-0.39, 0.29) is 0 Å². The molecule has 0 atom stereocenters. The average Bonchev–Trinajstić information content (AvgIpc) is 2.56. The molecule has 0 aliphatic carbocycles. The van der Waals surface area contributed by atoms with Crippen molar-refractivity contribution in [1.29, 1.82) is 0 Å². The van der Waals surface area contributed by atoms with Gasteiger partial charge in [-0.3, -0.25) is 4.68 Å². The minimum Gasteiger partial charge on any atom is -0.382 e. The van der Waals surface area contributed by atoms with E-state index in [1.807, 2.05) is 10.9 Å². The largest absolute Gasteiger partial charge is 0.382 e. The number of anilines is 1. The van der Waals surface area contributed by atoms with Gasteiger partial charge in [0, 0.05) is 26.0 Å². The van der Waals surface area contributed by atoms with E-state index < -0.39 is 0 Å². The first-order valence-electron chi connectivity index (χ1n) is 5.84. The van der Waals surface area contributed by atoms with Crippen molar-refractivity contribution in [2.24, 2.45) is 5.41 Å². The Morgan fingerprint density at radius 3 is 2.69 bits per heavy atom. The van der Waals surface area contributed by atoms with Crippen LogP contribution in [0.5, 0.6) is 0 Å². The Balaban J connectivity index is 2.00. The summed E-state index contributed by atoms with van der Waals surface area (Å²) < 4.78 is 7.42. The van der Waals surface area contributed by atoms with Gasteiger partial charge in [-0.15, -0.1) is 0 Å². The number of rotatable bonds is 6. The van der Waals surface area contributed by atoms with Crippen LogP contribution in [-0.4, -0.2) is 23.0 Å². The molecule has 0 spiro atoms. The average molecular weight is 225 g/mol. The molecule has 16 heavy (non-hydrogen) atoms. The summed E-state index contributed by atoms with van der Waals surface area (Å²) in [5.74, 6) is 0.577. The number of ether oxygens (including phenoxy) is 1. The second-order valence-electron chi connectivity index (χ2n) is 5.28. The number of nitrogen functional groups attached to an aromatic ring is 1. The van der Waals surface area contributed by atoms with Crippen LogP contribution in [0, 0.1) is 5.41 Å². The van der Waals surface area contributed by atoms with Crippen LogP contribution in [0.2, 0.25) is 0 Å². The van der Waals surface area contributed by atoms with Crippen LogP contribution < -0.4 is 5.73 Å². The van der Waals surface area contributed by atoms with E-state index in [9.17, 15) is 0 Å². The fraction of sp³-hybridized carbons (Fsp3) is 0.750. The third-order valence-corrected chi connectivity index (χ3v) is 2.33. The normalized spacial score (nSPS) is 11.9. The maximum absolute atomic E-state index is 5.57. The molecule has 0 saturated heterocycles. The van der Waals surface area contributed by atoms with Crippen molar-refractivity contribution in [3.05, 3.63) is 12.3 Å². The van der Waals surface area contributed by atoms with Crippen LogP contribution in [0.15, 0.2) is 12.3 Å². The summed E-state index contributed by atoms with van der Waals surface area (Å²) in [6.45, 7) is 9.17. The summed E-state index contributed by atoms with van der Waals surface area (Å²) >= 11 is 0. The molecule has 4 heteroatoms. The molecule has 1 aromatic heterocycles. The van der Waals surface area contributed by atoms with Crippen molar-refractivity contribution < 1.29 is 4.74 Å². The standard InChI is InChI=1S/C12H23N3O/c1-12(2,3)6-10-16-9-4-7-15-8-5-11(13)14-15/h5,8H,4,6-7,9-10H2,1-3H3,(H2,13,14). The first-order chi connectivity index (χ1) is 7.47. The first-order valence-corrected chi connectivity index (χ1v) is 5.84. The molecule has 1 aromatic rings. The molecule has 0 fully saturated rings. The Kier molecular flexibility index (Phi) is 4.80. The molecule has 0 radical (unpaired) electrons. The molecule has 1 heterocycles. The molecular weight excluding hydrogens is 202 g/mol. The van der Waals surface area contributed by atoms with E-state index in [1.165, 1.54) is 0 Å². The van der Waals surface area contributed by atoms with Gasteiger partial charge in [0.1, 0.15) is 5.82 Å². The molecule has 0 aromatic carbocycles. The maximum atomic E-state index is 5.57. The van der Waals surface area contributed by atoms with Gasteiger partial charge in [-0.25, -0.2) is 0 Å². The molecule has 4 nitrogen and oxygen atoms in total. The maximum Gasteiger partial charge on any atom is 0.145 e. The zero-order valence-electron chi connectivity index (χ0n) is 10.6. The van der Waals surface area contributed by atoms with Gasteiger partial charge in [0.15, 0.2) is 0 Å². The lowest BCUT2D eigenvalue weighted by Gasteiger charge is -2.17. The van der Waals surface area contributed by atoms with E-state index in [1.54, 1.807) is 6.07 Å². The van der Waals surface area contributed by atoms with Crippen LogP contribution in [-0.2, 0) is 11.3 Å². The van der Waals surface area contributed by atoms with Crippen LogP contribution in [0.4, 0.5) is 5.82 Å². The third kappa shape index (κ3) is 5.75. The highest BCUT2D eigenvalue weighted by atomic mass is 16.5. The number of hydrogen-bond acceptors (Lipinski definition) is 3. The molecule has 0 saturated carbocycles. The van der Waals surface area contributed by atoms with Gasteiger partial charge in [-0.1, -0.05) is 20.8 Å². The van der Waals surface area contributed by atoms with E-state index >= 15 is 0 Å². The fourth-order valence-corrected chi connectivity index (χ4v) is 1.31. The van der Waals surface area contributed by atoms with Crippen LogP contribution in [0.3, 0.4) is 0 Å². The summed E-state index contributed by atoms with van der Waals surface area (Å²) in [6, 6.07) is 1.81. The van der Waals surface area contributed by atoms with E-state index in [0.29, 0.717) is 11.2 Å². The van der Waals surface area contributed by atoms with E-state index in [2.05, 4.69) is 25.9 Å². The van der Waals surface area contributed by atoms with Gasteiger partial charge in [-0.05, 0) is 24.3 Å². The zero-order chi connectivity index (χ0) is 12.0. The number of nitrogens with zero attached hydrogens (tertiary/aromatic N) is 2. The topological polar surface area (TPSA) is 53.1 Å². The predicted octanol–water partition coefficient (Wildman–Crippen LogP) is 2.31. The van der Waals surface area contributed by atoms with Gasteiger partial charge in [0.25, 0.3) is 0 Å².